The molecule has 0 bridgehead atoms. The second-order valence-corrected chi connectivity index (χ2v) is 2.00. The molecule has 0 fully saturated rings. The third-order valence-electron chi connectivity index (χ3n) is 1.19. The van der Waals surface area contributed by atoms with Gasteiger partial charge in [0.1, 0.15) is 6.04 Å². The van der Waals surface area contributed by atoms with Crippen LogP contribution in [0.2, 0.25) is 0 Å². The smallest absolute Gasteiger partial charge is 0.327 e. The maximum atomic E-state index is 10.6. The average molecular weight is 156 g/mol. The molecule has 5 heteroatoms. The fourth-order valence-electron chi connectivity index (χ4n) is 0.540. The van der Waals surface area contributed by atoms with E-state index in [2.05, 4.69) is 0 Å². The molecule has 1 amide bonds. The van der Waals surface area contributed by atoms with E-state index in [4.69, 9.17) is 10.4 Å². The number of carboxylic acids is 1. The quantitative estimate of drug-likeness (QED) is 0.443. The summed E-state index contributed by atoms with van der Waals surface area (Å²) < 4.78 is 0. The molecule has 0 aromatic rings. The van der Waals surface area contributed by atoms with Crippen molar-refractivity contribution >= 4 is 11.9 Å². The lowest BCUT2D eigenvalue weighted by molar-refractivity contribution is -0.146. The Bertz CT molecular complexity index is 218. The van der Waals surface area contributed by atoms with Gasteiger partial charge < -0.3 is 5.11 Å². The lowest BCUT2D eigenvalue weighted by atomic mass is 10.3. The van der Waals surface area contributed by atoms with Gasteiger partial charge in [0.2, 0.25) is 5.91 Å². The molecule has 11 heavy (non-hydrogen) atoms. The second kappa shape index (κ2) is 3.56. The highest BCUT2D eigenvalue weighted by Gasteiger charge is 2.22. The van der Waals surface area contributed by atoms with Gasteiger partial charge in [-0.1, -0.05) is 0 Å². The Morgan fingerprint density at radius 1 is 1.64 bits per heavy atom. The van der Waals surface area contributed by atoms with Crippen LogP contribution in [0.5, 0.6) is 0 Å². The van der Waals surface area contributed by atoms with Crippen molar-refractivity contribution in [2.24, 2.45) is 0 Å². The van der Waals surface area contributed by atoms with E-state index in [1.54, 1.807) is 0 Å². The number of aliphatic carboxylic acids is 1. The summed E-state index contributed by atoms with van der Waals surface area (Å²) >= 11 is 0. The molecule has 0 saturated carbocycles. The highest BCUT2D eigenvalue weighted by Crippen LogP contribution is 1.96. The van der Waals surface area contributed by atoms with Crippen LogP contribution < -0.4 is 0 Å². The van der Waals surface area contributed by atoms with Gasteiger partial charge in [-0.05, 0) is 6.92 Å². The van der Waals surface area contributed by atoms with Gasteiger partial charge in [-0.2, -0.15) is 5.26 Å². The Morgan fingerprint density at radius 3 is 2.18 bits per heavy atom. The minimum atomic E-state index is -1.19. The fourth-order valence-corrected chi connectivity index (χ4v) is 0.540. The summed E-state index contributed by atoms with van der Waals surface area (Å²) in [4.78, 5) is 21.4. The first-order chi connectivity index (χ1) is 5.00. The zero-order valence-electron chi connectivity index (χ0n) is 6.24. The molecular formula is C6H8N2O3. The van der Waals surface area contributed by atoms with E-state index in [-0.39, 0.29) is 0 Å². The minimum Gasteiger partial charge on any atom is -0.480 e. The van der Waals surface area contributed by atoms with Gasteiger partial charge in [0, 0.05) is 6.92 Å². The molecule has 0 aliphatic heterocycles. The second-order valence-electron chi connectivity index (χ2n) is 2.00. The van der Waals surface area contributed by atoms with Gasteiger partial charge >= 0.3 is 5.97 Å². The number of carboxylic acid groups (broad SMARTS) is 1. The Balaban J connectivity index is 4.42. The molecule has 0 radical (unpaired) electrons. The Labute approximate surface area is 63.8 Å². The van der Waals surface area contributed by atoms with Crippen molar-refractivity contribution in [1.82, 2.24) is 4.90 Å². The molecular weight excluding hydrogens is 148 g/mol. The number of carbonyl (C=O) groups is 2. The number of hydrogen-bond acceptors (Lipinski definition) is 3. The summed E-state index contributed by atoms with van der Waals surface area (Å²) in [5.74, 6) is -1.76. The Hall–Kier alpha value is -1.57. The van der Waals surface area contributed by atoms with Crippen LogP contribution in [0.4, 0.5) is 0 Å². The number of nitrogens with zero attached hydrogens (tertiary/aromatic N) is 2. The molecule has 60 valence electrons. The van der Waals surface area contributed by atoms with E-state index in [0.717, 1.165) is 6.92 Å². The molecule has 5 nitrogen and oxygen atoms in total. The normalized spacial score (nSPS) is 11.4. The zero-order valence-corrected chi connectivity index (χ0v) is 6.24. The minimum absolute atomic E-state index is 0.567. The number of hydrogen-bond donors (Lipinski definition) is 1. The molecule has 0 aliphatic rings. The molecule has 1 unspecified atom stereocenters. The van der Waals surface area contributed by atoms with Crippen LogP contribution in [0.1, 0.15) is 13.8 Å². The van der Waals surface area contributed by atoms with E-state index < -0.39 is 17.9 Å². The molecule has 0 spiro atoms. The fraction of sp³-hybridized carbons (Fsp3) is 0.500. The maximum Gasteiger partial charge on any atom is 0.327 e. The zero-order chi connectivity index (χ0) is 9.02. The molecule has 1 N–H and O–H groups in total. The summed E-state index contributed by atoms with van der Waals surface area (Å²) in [6.07, 6.45) is 1.49. The van der Waals surface area contributed by atoms with Gasteiger partial charge in [-0.3, -0.25) is 4.79 Å². The summed E-state index contributed by atoms with van der Waals surface area (Å²) in [6.45, 7) is 2.41. The van der Waals surface area contributed by atoms with E-state index in [0.29, 0.717) is 4.90 Å². The van der Waals surface area contributed by atoms with E-state index in [1.807, 2.05) is 0 Å². The first-order valence-corrected chi connectivity index (χ1v) is 2.93. The van der Waals surface area contributed by atoms with E-state index >= 15 is 0 Å². The first kappa shape index (κ1) is 9.43. The van der Waals surface area contributed by atoms with Crippen LogP contribution in [0, 0.1) is 11.5 Å². The third-order valence-corrected chi connectivity index (χ3v) is 1.19. The number of carbonyl (C=O) groups excluding carboxylic acids is 1. The Morgan fingerprint density at radius 2 is 2.09 bits per heavy atom. The van der Waals surface area contributed by atoms with Crippen molar-refractivity contribution in [1.29, 1.82) is 5.26 Å². The standard InChI is InChI=1S/C6H8N2O3/c1-4(6(10)11)8(3-7)5(2)9/h4H,1-2H3,(H,10,11). The molecule has 0 heterocycles. The van der Waals surface area contributed by atoms with Gasteiger partial charge in [0.25, 0.3) is 0 Å². The molecule has 0 aromatic heterocycles. The monoisotopic (exact) mass is 156 g/mol. The van der Waals surface area contributed by atoms with Gasteiger partial charge in [-0.25, -0.2) is 9.69 Å². The van der Waals surface area contributed by atoms with Crippen LogP contribution in [-0.4, -0.2) is 27.9 Å². The SMILES string of the molecule is CC(=O)N(C#N)C(C)C(=O)O. The molecule has 0 aliphatic carbocycles. The van der Waals surface area contributed by atoms with Crippen LogP contribution in [0.3, 0.4) is 0 Å². The summed E-state index contributed by atoms with van der Waals surface area (Å²) in [5, 5.41) is 16.7. The van der Waals surface area contributed by atoms with Crippen LogP contribution in [-0.2, 0) is 9.59 Å². The third kappa shape index (κ3) is 2.26. The summed E-state index contributed by atoms with van der Waals surface area (Å²) in [5.41, 5.74) is 0. The van der Waals surface area contributed by atoms with E-state index in [9.17, 15) is 9.59 Å². The van der Waals surface area contributed by atoms with Crippen molar-refractivity contribution in [2.75, 3.05) is 0 Å². The Kier molecular flexibility index (Phi) is 3.05. The first-order valence-electron chi connectivity index (χ1n) is 2.93. The van der Waals surface area contributed by atoms with Crippen LogP contribution in [0.25, 0.3) is 0 Å². The largest absolute Gasteiger partial charge is 0.480 e. The van der Waals surface area contributed by atoms with Crippen LogP contribution >= 0.6 is 0 Å². The molecule has 1 atom stereocenters. The highest BCUT2D eigenvalue weighted by atomic mass is 16.4. The maximum absolute atomic E-state index is 10.6. The van der Waals surface area contributed by atoms with Crippen molar-refractivity contribution in [3.8, 4) is 6.19 Å². The topological polar surface area (TPSA) is 81.4 Å². The lowest BCUT2D eigenvalue weighted by Crippen LogP contribution is -2.38. The molecule has 0 aromatic carbocycles. The number of rotatable bonds is 2. The molecule has 0 saturated heterocycles. The van der Waals surface area contributed by atoms with Gasteiger partial charge in [0.15, 0.2) is 6.19 Å². The van der Waals surface area contributed by atoms with Gasteiger partial charge in [-0.15, -0.1) is 0 Å². The average Bonchev–Trinajstić information content (AvgIpc) is 1.88. The van der Waals surface area contributed by atoms with E-state index in [1.165, 1.54) is 13.1 Å². The predicted molar refractivity (Wildman–Crippen MR) is 35.2 cm³/mol. The lowest BCUT2D eigenvalue weighted by Gasteiger charge is -2.14. The summed E-state index contributed by atoms with van der Waals surface area (Å²) in [6, 6.07) is -1.09. The van der Waals surface area contributed by atoms with Crippen LogP contribution in [0.15, 0.2) is 0 Å². The number of amides is 1. The van der Waals surface area contributed by atoms with Crippen molar-refractivity contribution in [3.05, 3.63) is 0 Å². The van der Waals surface area contributed by atoms with Crippen molar-refractivity contribution < 1.29 is 14.7 Å². The van der Waals surface area contributed by atoms with Crippen molar-refractivity contribution in [3.63, 3.8) is 0 Å². The highest BCUT2D eigenvalue weighted by molar-refractivity contribution is 5.83. The molecule has 0 rings (SSSR count). The summed E-state index contributed by atoms with van der Waals surface area (Å²) in [7, 11) is 0. The number of nitriles is 1. The predicted octanol–water partition coefficient (Wildman–Crippen LogP) is -0.211. The van der Waals surface area contributed by atoms with Gasteiger partial charge in [0.05, 0.1) is 0 Å². The van der Waals surface area contributed by atoms with Crippen molar-refractivity contribution in [2.45, 2.75) is 19.9 Å².